The third kappa shape index (κ3) is 4.51. The number of fused-ring (bicyclic) bond motifs is 1. The van der Waals surface area contributed by atoms with Crippen molar-refractivity contribution in [3.8, 4) is 0 Å². The van der Waals surface area contributed by atoms with Gasteiger partial charge in [-0.05, 0) is 61.6 Å². The van der Waals surface area contributed by atoms with E-state index in [0.717, 1.165) is 25.1 Å². The number of nitrogens with zero attached hydrogens (tertiary/aromatic N) is 1. The first-order valence-electron chi connectivity index (χ1n) is 10.4. The molecule has 1 aliphatic heterocycles. The second kappa shape index (κ2) is 8.52. The normalized spacial score (nSPS) is 14.2. The summed E-state index contributed by atoms with van der Waals surface area (Å²) in [6.07, 6.45) is 2.35. The summed E-state index contributed by atoms with van der Waals surface area (Å²) in [5.74, 6) is -0.0343. The van der Waals surface area contributed by atoms with Crippen LogP contribution >= 0.6 is 0 Å². The maximum Gasteiger partial charge on any atom is 0.251 e. The highest BCUT2D eigenvalue weighted by atomic mass is 16.1. The van der Waals surface area contributed by atoms with Crippen LogP contribution in [-0.2, 0) is 13.0 Å². The number of benzene rings is 3. The molecule has 1 aliphatic rings. The largest absolute Gasteiger partial charge is 0.367 e. The molecular weight excluding hydrogens is 356 g/mol. The van der Waals surface area contributed by atoms with E-state index in [1.165, 1.54) is 28.8 Å². The molecule has 0 spiro atoms. The first-order chi connectivity index (χ1) is 14.1. The minimum absolute atomic E-state index is 0.0207. The molecule has 0 unspecified atom stereocenters. The zero-order chi connectivity index (χ0) is 20.2. The zero-order valence-corrected chi connectivity index (χ0v) is 17.2. The molecule has 1 heterocycles. The molecule has 148 valence electrons. The van der Waals surface area contributed by atoms with Gasteiger partial charge in [0, 0.05) is 24.3 Å². The highest BCUT2D eigenvalue weighted by Gasteiger charge is 2.17. The molecule has 3 nitrogen and oxygen atoms in total. The molecule has 3 aromatic rings. The summed E-state index contributed by atoms with van der Waals surface area (Å²) in [5.41, 5.74) is 7.03. The lowest BCUT2D eigenvalue weighted by molar-refractivity contribution is 0.0940. The molecule has 0 radical (unpaired) electrons. The fraction of sp³-hybridized carbons (Fsp3) is 0.269. The Bertz CT molecular complexity index is 976. The Hall–Kier alpha value is -3.07. The van der Waals surface area contributed by atoms with Crippen LogP contribution in [0.25, 0.3) is 0 Å². The number of para-hydroxylation sites is 1. The third-order valence-corrected chi connectivity index (χ3v) is 5.72. The van der Waals surface area contributed by atoms with Gasteiger partial charge >= 0.3 is 0 Å². The van der Waals surface area contributed by atoms with Gasteiger partial charge in [-0.15, -0.1) is 0 Å². The monoisotopic (exact) mass is 384 g/mol. The van der Waals surface area contributed by atoms with E-state index in [1.807, 2.05) is 19.1 Å². The fourth-order valence-corrected chi connectivity index (χ4v) is 3.98. The average Bonchev–Trinajstić information content (AvgIpc) is 2.75. The van der Waals surface area contributed by atoms with Gasteiger partial charge in [0.1, 0.15) is 0 Å². The van der Waals surface area contributed by atoms with Crippen molar-refractivity contribution in [1.82, 2.24) is 5.32 Å². The molecule has 1 atom stereocenters. The Morgan fingerprint density at radius 3 is 2.48 bits per heavy atom. The minimum atomic E-state index is -0.0343. The number of hydrogen-bond donors (Lipinski definition) is 1. The summed E-state index contributed by atoms with van der Waals surface area (Å²) in [4.78, 5) is 15.1. The van der Waals surface area contributed by atoms with Crippen LogP contribution in [0.1, 0.15) is 52.0 Å². The molecule has 0 saturated carbocycles. The second-order valence-corrected chi connectivity index (χ2v) is 7.96. The first-order valence-corrected chi connectivity index (χ1v) is 10.4. The van der Waals surface area contributed by atoms with Crippen molar-refractivity contribution in [1.29, 1.82) is 0 Å². The van der Waals surface area contributed by atoms with Gasteiger partial charge in [0.15, 0.2) is 0 Å². The highest BCUT2D eigenvalue weighted by Crippen LogP contribution is 2.28. The van der Waals surface area contributed by atoms with Crippen LogP contribution in [0.5, 0.6) is 0 Å². The van der Waals surface area contributed by atoms with Gasteiger partial charge in [-0.1, -0.05) is 60.2 Å². The van der Waals surface area contributed by atoms with Crippen molar-refractivity contribution in [2.45, 2.75) is 39.3 Å². The molecule has 3 heteroatoms. The van der Waals surface area contributed by atoms with Crippen molar-refractivity contribution in [2.75, 3.05) is 11.4 Å². The number of carbonyl (C=O) groups excluding carboxylic acids is 1. The summed E-state index contributed by atoms with van der Waals surface area (Å²) in [6, 6.07) is 24.9. The van der Waals surface area contributed by atoms with Gasteiger partial charge in [0.2, 0.25) is 0 Å². The summed E-state index contributed by atoms with van der Waals surface area (Å²) < 4.78 is 0. The van der Waals surface area contributed by atoms with Crippen LogP contribution in [0.15, 0.2) is 72.8 Å². The number of anilines is 1. The molecule has 0 fully saturated rings. The highest BCUT2D eigenvalue weighted by molar-refractivity contribution is 5.94. The number of aryl methyl sites for hydroxylation is 2. The standard InChI is InChI=1S/C26H28N2O/c1-19-9-13-22(14-10-19)20(2)27-26(29)24-15-11-21(12-16-24)18-28-17-5-7-23-6-3-4-8-25(23)28/h3-4,6,8-16,20H,5,7,17-18H2,1-2H3,(H,27,29)/t20-/m1/s1. The Balaban J connectivity index is 1.40. The molecular formula is C26H28N2O. The van der Waals surface area contributed by atoms with E-state index in [9.17, 15) is 4.79 Å². The van der Waals surface area contributed by atoms with Crippen molar-refractivity contribution in [3.63, 3.8) is 0 Å². The Morgan fingerprint density at radius 1 is 1.00 bits per heavy atom. The summed E-state index contributed by atoms with van der Waals surface area (Å²) in [5, 5.41) is 3.10. The number of nitrogens with one attached hydrogen (secondary N) is 1. The predicted molar refractivity (Wildman–Crippen MR) is 119 cm³/mol. The summed E-state index contributed by atoms with van der Waals surface area (Å²) >= 11 is 0. The topological polar surface area (TPSA) is 32.3 Å². The summed E-state index contributed by atoms with van der Waals surface area (Å²) in [6.45, 7) is 6.04. The molecule has 0 aromatic heterocycles. The molecule has 1 N–H and O–H groups in total. The van der Waals surface area contributed by atoms with E-state index in [1.54, 1.807) is 0 Å². The first kappa shape index (κ1) is 19.3. The van der Waals surface area contributed by atoms with E-state index in [0.29, 0.717) is 5.56 Å². The smallest absolute Gasteiger partial charge is 0.251 e. The molecule has 4 rings (SSSR count). The van der Waals surface area contributed by atoms with Crippen molar-refractivity contribution < 1.29 is 4.79 Å². The predicted octanol–water partition coefficient (Wildman–Crippen LogP) is 5.44. The van der Waals surface area contributed by atoms with E-state index in [4.69, 9.17) is 0 Å². The molecule has 3 aromatic carbocycles. The maximum atomic E-state index is 12.6. The Morgan fingerprint density at radius 2 is 1.72 bits per heavy atom. The van der Waals surface area contributed by atoms with Crippen LogP contribution in [0.4, 0.5) is 5.69 Å². The van der Waals surface area contributed by atoms with Crippen molar-refractivity contribution in [3.05, 3.63) is 101 Å². The van der Waals surface area contributed by atoms with Gasteiger partial charge in [-0.25, -0.2) is 0 Å². The average molecular weight is 385 g/mol. The van der Waals surface area contributed by atoms with Crippen LogP contribution < -0.4 is 10.2 Å². The number of rotatable bonds is 5. The molecule has 0 bridgehead atoms. The molecule has 1 amide bonds. The lowest BCUT2D eigenvalue weighted by Crippen LogP contribution is -2.29. The van der Waals surface area contributed by atoms with Gasteiger partial charge in [0.05, 0.1) is 6.04 Å². The van der Waals surface area contributed by atoms with Crippen LogP contribution in [0.3, 0.4) is 0 Å². The summed E-state index contributed by atoms with van der Waals surface area (Å²) in [7, 11) is 0. The Kier molecular flexibility index (Phi) is 5.66. The lowest BCUT2D eigenvalue weighted by atomic mass is 10.0. The van der Waals surface area contributed by atoms with Crippen molar-refractivity contribution in [2.24, 2.45) is 0 Å². The molecule has 29 heavy (non-hydrogen) atoms. The van der Waals surface area contributed by atoms with Crippen molar-refractivity contribution >= 4 is 11.6 Å². The van der Waals surface area contributed by atoms with Gasteiger partial charge in [-0.3, -0.25) is 4.79 Å². The lowest BCUT2D eigenvalue weighted by Gasteiger charge is -2.31. The fourth-order valence-electron chi connectivity index (χ4n) is 3.98. The number of carbonyl (C=O) groups is 1. The van der Waals surface area contributed by atoms with Crippen LogP contribution in [-0.4, -0.2) is 12.5 Å². The van der Waals surface area contributed by atoms with Crippen LogP contribution in [0.2, 0.25) is 0 Å². The van der Waals surface area contributed by atoms with E-state index >= 15 is 0 Å². The molecule has 0 aliphatic carbocycles. The zero-order valence-electron chi connectivity index (χ0n) is 17.2. The quantitative estimate of drug-likeness (QED) is 0.635. The number of amides is 1. The van der Waals surface area contributed by atoms with E-state index in [2.05, 4.69) is 77.8 Å². The van der Waals surface area contributed by atoms with Crippen LogP contribution in [0, 0.1) is 6.92 Å². The van der Waals surface area contributed by atoms with E-state index < -0.39 is 0 Å². The minimum Gasteiger partial charge on any atom is -0.367 e. The second-order valence-electron chi connectivity index (χ2n) is 7.96. The van der Waals surface area contributed by atoms with Gasteiger partial charge < -0.3 is 10.2 Å². The molecule has 0 saturated heterocycles. The van der Waals surface area contributed by atoms with Gasteiger partial charge in [-0.2, -0.15) is 0 Å². The van der Waals surface area contributed by atoms with E-state index in [-0.39, 0.29) is 11.9 Å². The van der Waals surface area contributed by atoms with Gasteiger partial charge in [0.25, 0.3) is 5.91 Å². The third-order valence-electron chi connectivity index (χ3n) is 5.72. The number of hydrogen-bond acceptors (Lipinski definition) is 2. The SMILES string of the molecule is Cc1ccc([C@@H](C)NC(=O)c2ccc(CN3CCCc4ccccc43)cc2)cc1. The Labute approximate surface area is 173 Å². The maximum absolute atomic E-state index is 12.6.